The number of H-pyrrole nitrogens is 1. The van der Waals surface area contributed by atoms with E-state index in [1.54, 1.807) is 18.5 Å². The average Bonchev–Trinajstić information content (AvgIpc) is 2.49. The summed E-state index contributed by atoms with van der Waals surface area (Å²) in [6.45, 7) is 3.50. The van der Waals surface area contributed by atoms with E-state index in [-0.39, 0.29) is 11.3 Å². The number of allylic oxidation sites excluding steroid dienone is 1. The van der Waals surface area contributed by atoms with Gasteiger partial charge >= 0.3 is 0 Å². The van der Waals surface area contributed by atoms with Crippen molar-refractivity contribution >= 4 is 11.5 Å². The Morgan fingerprint density at radius 3 is 3.00 bits per heavy atom. The molecule has 5 nitrogen and oxygen atoms in total. The van der Waals surface area contributed by atoms with Crippen molar-refractivity contribution in [1.82, 2.24) is 9.97 Å². The van der Waals surface area contributed by atoms with Gasteiger partial charge in [-0.25, -0.2) is 0 Å². The van der Waals surface area contributed by atoms with Gasteiger partial charge in [-0.1, -0.05) is 6.92 Å². The van der Waals surface area contributed by atoms with E-state index in [1.807, 2.05) is 12.3 Å². The van der Waals surface area contributed by atoms with Crippen LogP contribution in [0.3, 0.4) is 0 Å². The van der Waals surface area contributed by atoms with Crippen molar-refractivity contribution in [3.05, 3.63) is 58.9 Å². The maximum Gasteiger partial charge on any atom is 0.271 e. The minimum atomic E-state index is -0.237. The number of hydrogen-bond donors (Lipinski definition) is 2. The molecule has 2 heterocycles. The molecule has 2 aromatic heterocycles. The Morgan fingerprint density at radius 1 is 1.48 bits per heavy atom. The lowest BCUT2D eigenvalue weighted by molar-refractivity contribution is -0.112. The van der Waals surface area contributed by atoms with Gasteiger partial charge < -0.3 is 10.3 Å². The molecule has 0 radical (unpaired) electrons. The second-order valence-corrected chi connectivity index (χ2v) is 4.61. The number of carbonyl (C=O) groups is 1. The highest BCUT2D eigenvalue weighted by Crippen LogP contribution is 2.23. The molecule has 0 aliphatic heterocycles. The Bertz CT molecular complexity index is 732. The first kappa shape index (κ1) is 14.7. The summed E-state index contributed by atoms with van der Waals surface area (Å²) < 4.78 is 0. The fraction of sp³-hybridized carbons (Fsp3) is 0.188. The zero-order valence-corrected chi connectivity index (χ0v) is 12.0. The van der Waals surface area contributed by atoms with Crippen LogP contribution in [0.4, 0.5) is 5.69 Å². The largest absolute Gasteiger partial charge is 0.357 e. The van der Waals surface area contributed by atoms with Crippen LogP contribution < -0.4 is 10.9 Å². The minimum Gasteiger partial charge on any atom is -0.357 e. The van der Waals surface area contributed by atoms with E-state index in [1.165, 1.54) is 19.2 Å². The number of pyridine rings is 2. The van der Waals surface area contributed by atoms with Gasteiger partial charge in [-0.2, -0.15) is 0 Å². The molecule has 0 saturated heterocycles. The summed E-state index contributed by atoms with van der Waals surface area (Å²) in [5, 5.41) is 2.83. The third-order valence-electron chi connectivity index (χ3n) is 3.06. The van der Waals surface area contributed by atoms with Crippen molar-refractivity contribution in [2.45, 2.75) is 20.3 Å². The number of anilines is 1. The van der Waals surface area contributed by atoms with Gasteiger partial charge in [-0.15, -0.1) is 0 Å². The molecule has 0 aliphatic rings. The van der Waals surface area contributed by atoms with Crippen molar-refractivity contribution < 1.29 is 4.79 Å². The number of hydrogen-bond acceptors (Lipinski definition) is 4. The van der Waals surface area contributed by atoms with Crippen molar-refractivity contribution in [1.29, 1.82) is 0 Å². The Kier molecular flexibility index (Phi) is 4.66. The van der Waals surface area contributed by atoms with E-state index in [2.05, 4.69) is 22.2 Å². The van der Waals surface area contributed by atoms with Crippen molar-refractivity contribution in [3.8, 4) is 11.1 Å². The monoisotopic (exact) mass is 283 g/mol. The van der Waals surface area contributed by atoms with Gasteiger partial charge in [-0.05, 0) is 42.7 Å². The number of aromatic nitrogens is 2. The van der Waals surface area contributed by atoms with Crippen LogP contribution in [-0.2, 0) is 11.2 Å². The number of aromatic amines is 1. The van der Waals surface area contributed by atoms with E-state index < -0.39 is 0 Å². The first-order valence-corrected chi connectivity index (χ1v) is 6.71. The first-order chi connectivity index (χ1) is 10.1. The molecule has 2 aromatic rings. The average molecular weight is 283 g/mol. The molecular formula is C16H17N3O2. The Morgan fingerprint density at radius 2 is 2.29 bits per heavy atom. The van der Waals surface area contributed by atoms with Crippen LogP contribution in [0.5, 0.6) is 0 Å². The highest BCUT2D eigenvalue weighted by molar-refractivity contribution is 5.87. The molecular weight excluding hydrogens is 266 g/mol. The van der Waals surface area contributed by atoms with E-state index in [0.29, 0.717) is 5.69 Å². The van der Waals surface area contributed by atoms with Crippen molar-refractivity contribution in [2.24, 2.45) is 0 Å². The lowest BCUT2D eigenvalue weighted by Gasteiger charge is -2.08. The second kappa shape index (κ2) is 6.65. The lowest BCUT2D eigenvalue weighted by Crippen LogP contribution is -2.11. The predicted molar refractivity (Wildman–Crippen MR) is 83.1 cm³/mol. The van der Waals surface area contributed by atoms with E-state index in [4.69, 9.17) is 0 Å². The zero-order valence-electron chi connectivity index (χ0n) is 12.0. The van der Waals surface area contributed by atoms with Gasteiger partial charge in [0.25, 0.3) is 5.56 Å². The topological polar surface area (TPSA) is 74.8 Å². The molecule has 2 rings (SSSR count). The quantitative estimate of drug-likeness (QED) is 0.827. The fourth-order valence-electron chi connectivity index (χ4n) is 1.99. The molecule has 0 aromatic carbocycles. The maximum absolute atomic E-state index is 11.8. The number of nitrogens with one attached hydrogen (secondary N) is 2. The van der Waals surface area contributed by atoms with Crippen LogP contribution >= 0.6 is 0 Å². The molecule has 5 heteroatoms. The van der Waals surface area contributed by atoms with E-state index in [0.717, 1.165) is 23.1 Å². The van der Waals surface area contributed by atoms with Gasteiger partial charge in [0.1, 0.15) is 5.69 Å². The summed E-state index contributed by atoms with van der Waals surface area (Å²) in [5.74, 6) is -0.0857. The summed E-state index contributed by atoms with van der Waals surface area (Å²) in [5.41, 5.74) is 3.19. The second-order valence-electron chi connectivity index (χ2n) is 4.61. The molecule has 21 heavy (non-hydrogen) atoms. The zero-order chi connectivity index (χ0) is 15.2. The molecule has 2 N–H and O–H groups in total. The third kappa shape index (κ3) is 3.66. The lowest BCUT2D eigenvalue weighted by atomic mass is 10.0. The SMILES string of the molecule is CCc1cnccc1-c1c[nH]c(=O)c(NC=CC(C)=O)c1. The van der Waals surface area contributed by atoms with Crippen LogP contribution in [0, 0.1) is 0 Å². The molecule has 0 amide bonds. The van der Waals surface area contributed by atoms with Crippen molar-refractivity contribution in [2.75, 3.05) is 5.32 Å². The van der Waals surface area contributed by atoms with Crippen LogP contribution in [-0.4, -0.2) is 15.8 Å². The normalized spacial score (nSPS) is 10.8. The van der Waals surface area contributed by atoms with Crippen LogP contribution in [0.25, 0.3) is 11.1 Å². The molecule has 0 atom stereocenters. The van der Waals surface area contributed by atoms with Gasteiger partial charge in [0, 0.05) is 30.4 Å². The number of nitrogens with zero attached hydrogens (tertiary/aromatic N) is 1. The van der Waals surface area contributed by atoms with Crippen LogP contribution in [0.1, 0.15) is 19.4 Å². The standard InChI is InChI=1S/C16H17N3O2/c1-3-12-9-17-6-5-14(12)13-8-15(16(21)19-10-13)18-7-4-11(2)20/h4-10,18H,3H2,1-2H3,(H,19,21). The summed E-state index contributed by atoms with van der Waals surface area (Å²) in [6.07, 6.45) is 8.91. The van der Waals surface area contributed by atoms with Gasteiger partial charge in [0.15, 0.2) is 5.78 Å². The Hall–Kier alpha value is -2.69. The summed E-state index contributed by atoms with van der Waals surface area (Å²) in [7, 11) is 0. The number of rotatable bonds is 5. The minimum absolute atomic E-state index is 0.0857. The molecule has 108 valence electrons. The molecule has 0 spiro atoms. The van der Waals surface area contributed by atoms with Crippen LogP contribution in [0.15, 0.2) is 47.8 Å². The summed E-state index contributed by atoms with van der Waals surface area (Å²) in [6, 6.07) is 3.68. The number of aryl methyl sites for hydroxylation is 1. The molecule has 0 saturated carbocycles. The van der Waals surface area contributed by atoms with Crippen LogP contribution in [0.2, 0.25) is 0 Å². The number of ketones is 1. The fourth-order valence-corrected chi connectivity index (χ4v) is 1.99. The molecule has 0 aliphatic carbocycles. The Balaban J connectivity index is 2.38. The summed E-state index contributed by atoms with van der Waals surface area (Å²) >= 11 is 0. The molecule has 0 fully saturated rings. The molecule has 0 unspecified atom stereocenters. The van der Waals surface area contributed by atoms with Gasteiger partial charge in [0.2, 0.25) is 0 Å². The smallest absolute Gasteiger partial charge is 0.271 e. The van der Waals surface area contributed by atoms with Crippen molar-refractivity contribution in [3.63, 3.8) is 0 Å². The Labute approximate surface area is 122 Å². The van der Waals surface area contributed by atoms with E-state index in [9.17, 15) is 9.59 Å². The van der Waals surface area contributed by atoms with Gasteiger partial charge in [0.05, 0.1) is 0 Å². The summed E-state index contributed by atoms with van der Waals surface area (Å²) in [4.78, 5) is 29.5. The highest BCUT2D eigenvalue weighted by Gasteiger charge is 2.06. The highest BCUT2D eigenvalue weighted by atomic mass is 16.1. The molecule has 0 bridgehead atoms. The number of carbonyl (C=O) groups excluding carboxylic acids is 1. The maximum atomic E-state index is 11.8. The first-order valence-electron chi connectivity index (χ1n) is 6.71. The third-order valence-corrected chi connectivity index (χ3v) is 3.06. The predicted octanol–water partition coefficient (Wildman–Crippen LogP) is 2.51. The van der Waals surface area contributed by atoms with E-state index >= 15 is 0 Å². The van der Waals surface area contributed by atoms with Gasteiger partial charge in [-0.3, -0.25) is 14.6 Å².